The van der Waals surface area contributed by atoms with E-state index in [1.807, 2.05) is 0 Å². The fourth-order valence-corrected chi connectivity index (χ4v) is 2.74. The Morgan fingerprint density at radius 2 is 1.94 bits per heavy atom. The van der Waals surface area contributed by atoms with Crippen LogP contribution in [0.1, 0.15) is 48.8 Å². The highest BCUT2D eigenvalue weighted by Crippen LogP contribution is 2.18. The lowest BCUT2D eigenvalue weighted by Crippen LogP contribution is -2.37. The Bertz CT molecular complexity index is 419. The maximum absolute atomic E-state index is 12.0. The van der Waals surface area contributed by atoms with Crippen LogP contribution < -0.4 is 5.32 Å². The van der Waals surface area contributed by atoms with Gasteiger partial charge in [0.2, 0.25) is 5.91 Å². The molecule has 0 atom stereocenters. The topological polar surface area (TPSA) is 29.1 Å². The average Bonchev–Trinajstić information content (AvgIpc) is 2.34. The molecule has 0 aromatic heterocycles. The van der Waals surface area contributed by atoms with E-state index < -0.39 is 0 Å². The molecule has 0 bridgehead atoms. The number of carbonyl (C=O) groups is 1. The lowest BCUT2D eigenvalue weighted by Gasteiger charge is -2.22. The molecule has 2 nitrogen and oxygen atoms in total. The Labute approximate surface area is 110 Å². The van der Waals surface area contributed by atoms with Gasteiger partial charge in [0, 0.05) is 6.04 Å². The molecule has 18 heavy (non-hydrogen) atoms. The molecule has 98 valence electrons. The second-order valence-corrected chi connectivity index (χ2v) is 5.51. The van der Waals surface area contributed by atoms with Crippen LogP contribution in [0.4, 0.5) is 0 Å². The zero-order valence-electron chi connectivity index (χ0n) is 11.5. The first kappa shape index (κ1) is 13.1. The number of nitrogens with one attached hydrogen (secondary N) is 1. The molecule has 1 aromatic carbocycles. The number of rotatable bonds is 3. The van der Waals surface area contributed by atoms with Gasteiger partial charge in [-0.25, -0.2) is 0 Å². The van der Waals surface area contributed by atoms with Crippen molar-refractivity contribution in [1.82, 2.24) is 5.32 Å². The van der Waals surface area contributed by atoms with Gasteiger partial charge in [-0.3, -0.25) is 4.79 Å². The summed E-state index contributed by atoms with van der Waals surface area (Å²) in [5.41, 5.74) is 3.62. The molecule has 2 rings (SSSR count). The Kier molecular flexibility index (Phi) is 4.40. The lowest BCUT2D eigenvalue weighted by atomic mass is 9.95. The number of hydrogen-bond acceptors (Lipinski definition) is 1. The molecule has 0 radical (unpaired) electrons. The maximum atomic E-state index is 12.0. The van der Waals surface area contributed by atoms with Gasteiger partial charge in [-0.15, -0.1) is 0 Å². The second kappa shape index (κ2) is 6.03. The van der Waals surface area contributed by atoms with E-state index in [1.165, 1.54) is 30.4 Å². The third kappa shape index (κ3) is 3.59. The summed E-state index contributed by atoms with van der Waals surface area (Å²) < 4.78 is 0. The molecule has 1 fully saturated rings. The van der Waals surface area contributed by atoms with E-state index in [2.05, 4.69) is 37.4 Å². The minimum atomic E-state index is 0.175. The SMILES string of the molecule is Cc1ccc(CC(=O)NC2CCCCC2)c(C)c1. The van der Waals surface area contributed by atoms with Gasteiger partial charge in [0.05, 0.1) is 6.42 Å². The molecule has 2 heteroatoms. The third-order valence-corrected chi connectivity index (χ3v) is 3.82. The van der Waals surface area contributed by atoms with Gasteiger partial charge in [0.15, 0.2) is 0 Å². The molecule has 0 aliphatic heterocycles. The quantitative estimate of drug-likeness (QED) is 0.870. The fourth-order valence-electron chi connectivity index (χ4n) is 2.74. The van der Waals surface area contributed by atoms with Gasteiger partial charge in [-0.1, -0.05) is 43.0 Å². The molecule has 1 amide bonds. The summed E-state index contributed by atoms with van der Waals surface area (Å²) in [7, 11) is 0. The van der Waals surface area contributed by atoms with Crippen LogP contribution >= 0.6 is 0 Å². The smallest absolute Gasteiger partial charge is 0.224 e. The minimum absolute atomic E-state index is 0.175. The van der Waals surface area contributed by atoms with Crippen LogP contribution in [-0.4, -0.2) is 11.9 Å². The van der Waals surface area contributed by atoms with Gasteiger partial charge >= 0.3 is 0 Å². The van der Waals surface area contributed by atoms with E-state index >= 15 is 0 Å². The predicted molar refractivity (Wildman–Crippen MR) is 74.6 cm³/mol. The van der Waals surface area contributed by atoms with Crippen molar-refractivity contribution >= 4 is 5.91 Å². The van der Waals surface area contributed by atoms with Crippen LogP contribution in [0.5, 0.6) is 0 Å². The summed E-state index contributed by atoms with van der Waals surface area (Å²) in [4.78, 5) is 12.0. The highest BCUT2D eigenvalue weighted by atomic mass is 16.1. The Balaban J connectivity index is 1.90. The van der Waals surface area contributed by atoms with Gasteiger partial charge < -0.3 is 5.32 Å². The number of benzene rings is 1. The molecular formula is C16H23NO. The van der Waals surface area contributed by atoms with Crippen molar-refractivity contribution < 1.29 is 4.79 Å². The Hall–Kier alpha value is -1.31. The zero-order chi connectivity index (χ0) is 13.0. The summed E-state index contributed by atoms with van der Waals surface area (Å²) in [5, 5.41) is 3.17. The summed E-state index contributed by atoms with van der Waals surface area (Å²) in [6.07, 6.45) is 6.66. The molecule has 0 unspecified atom stereocenters. The first-order chi connectivity index (χ1) is 8.65. The van der Waals surface area contributed by atoms with E-state index in [4.69, 9.17) is 0 Å². The number of amides is 1. The number of carbonyl (C=O) groups excluding carboxylic acids is 1. The molecule has 1 aliphatic carbocycles. The van der Waals surface area contributed by atoms with E-state index in [1.54, 1.807) is 0 Å². The molecule has 1 aliphatic rings. The first-order valence-electron chi connectivity index (χ1n) is 7.00. The van der Waals surface area contributed by atoms with Crippen molar-refractivity contribution in [3.8, 4) is 0 Å². The van der Waals surface area contributed by atoms with E-state index in [0.29, 0.717) is 12.5 Å². The van der Waals surface area contributed by atoms with Crippen molar-refractivity contribution in [2.45, 2.75) is 58.4 Å². The summed E-state index contributed by atoms with van der Waals surface area (Å²) >= 11 is 0. The largest absolute Gasteiger partial charge is 0.353 e. The molecule has 1 aromatic rings. The second-order valence-electron chi connectivity index (χ2n) is 5.51. The average molecular weight is 245 g/mol. The summed E-state index contributed by atoms with van der Waals surface area (Å²) in [6.45, 7) is 4.16. The molecule has 1 N–H and O–H groups in total. The maximum Gasteiger partial charge on any atom is 0.224 e. The zero-order valence-corrected chi connectivity index (χ0v) is 11.5. The van der Waals surface area contributed by atoms with E-state index in [0.717, 1.165) is 18.4 Å². The third-order valence-electron chi connectivity index (χ3n) is 3.82. The van der Waals surface area contributed by atoms with Crippen LogP contribution in [0.2, 0.25) is 0 Å². The molecular weight excluding hydrogens is 222 g/mol. The lowest BCUT2D eigenvalue weighted by molar-refractivity contribution is -0.121. The molecule has 0 heterocycles. The van der Waals surface area contributed by atoms with E-state index in [9.17, 15) is 4.79 Å². The van der Waals surface area contributed by atoms with Gasteiger partial charge in [0.25, 0.3) is 0 Å². The summed E-state index contributed by atoms with van der Waals surface area (Å²) in [6, 6.07) is 6.71. The van der Waals surface area contributed by atoms with Crippen LogP contribution in [0.25, 0.3) is 0 Å². The molecule has 1 saturated carbocycles. The predicted octanol–water partition coefficient (Wildman–Crippen LogP) is 3.29. The van der Waals surface area contributed by atoms with Crippen LogP contribution in [-0.2, 0) is 11.2 Å². The highest BCUT2D eigenvalue weighted by molar-refractivity contribution is 5.79. The first-order valence-corrected chi connectivity index (χ1v) is 7.00. The Morgan fingerprint density at radius 1 is 1.22 bits per heavy atom. The molecule has 0 spiro atoms. The van der Waals surface area contributed by atoms with Gasteiger partial charge in [0.1, 0.15) is 0 Å². The fraction of sp³-hybridized carbons (Fsp3) is 0.562. The van der Waals surface area contributed by atoms with Crippen LogP contribution in [0.3, 0.4) is 0 Å². The normalized spacial score (nSPS) is 16.6. The van der Waals surface area contributed by atoms with Crippen LogP contribution in [0.15, 0.2) is 18.2 Å². The van der Waals surface area contributed by atoms with Crippen molar-refractivity contribution in [1.29, 1.82) is 0 Å². The standard InChI is InChI=1S/C16H23NO/c1-12-8-9-14(13(2)10-12)11-16(18)17-15-6-4-3-5-7-15/h8-10,15H,3-7,11H2,1-2H3,(H,17,18). The van der Waals surface area contributed by atoms with Crippen LogP contribution in [0, 0.1) is 13.8 Å². The van der Waals surface area contributed by atoms with Crippen molar-refractivity contribution in [3.05, 3.63) is 34.9 Å². The summed E-state index contributed by atoms with van der Waals surface area (Å²) in [5.74, 6) is 0.175. The van der Waals surface area contributed by atoms with Crippen molar-refractivity contribution in [2.75, 3.05) is 0 Å². The van der Waals surface area contributed by atoms with Gasteiger partial charge in [-0.2, -0.15) is 0 Å². The number of hydrogen-bond donors (Lipinski definition) is 1. The molecule has 0 saturated heterocycles. The highest BCUT2D eigenvalue weighted by Gasteiger charge is 2.16. The monoisotopic (exact) mass is 245 g/mol. The minimum Gasteiger partial charge on any atom is -0.353 e. The van der Waals surface area contributed by atoms with E-state index in [-0.39, 0.29) is 5.91 Å². The number of aryl methyl sites for hydroxylation is 2. The van der Waals surface area contributed by atoms with Gasteiger partial charge in [-0.05, 0) is 37.8 Å². The Morgan fingerprint density at radius 3 is 2.61 bits per heavy atom. The van der Waals surface area contributed by atoms with Crippen molar-refractivity contribution in [3.63, 3.8) is 0 Å². The van der Waals surface area contributed by atoms with Crippen molar-refractivity contribution in [2.24, 2.45) is 0 Å².